The number of ether oxygens (including phenoxy) is 1. The van der Waals surface area contributed by atoms with Gasteiger partial charge in [0.2, 0.25) is 10.0 Å². The molecule has 0 bridgehead atoms. The molecule has 124 valence electrons. The van der Waals surface area contributed by atoms with Gasteiger partial charge in [0.25, 0.3) is 0 Å². The summed E-state index contributed by atoms with van der Waals surface area (Å²) in [5.74, 6) is 0.700. The first kappa shape index (κ1) is 15.0. The van der Waals surface area contributed by atoms with E-state index >= 15 is 0 Å². The first-order valence-corrected chi connectivity index (χ1v) is 9.27. The van der Waals surface area contributed by atoms with Gasteiger partial charge in [-0.15, -0.1) is 0 Å². The molecule has 0 saturated carbocycles. The quantitative estimate of drug-likeness (QED) is 0.794. The summed E-state index contributed by atoms with van der Waals surface area (Å²) in [6.07, 6.45) is 0. The van der Waals surface area contributed by atoms with Crippen LogP contribution in [0.15, 0.2) is 34.2 Å². The van der Waals surface area contributed by atoms with E-state index in [9.17, 15) is 8.42 Å². The standard InChI is InChI=1S/C16H21N3O3S/c1-16(2)10-18-14-5-13(3-4-15(14)22-16)23(20,21)19-8-11-6-17-7-12(11)9-19/h3-5,17-18H,6-10H2,1-2H3. The first-order chi connectivity index (χ1) is 10.9. The molecule has 0 spiro atoms. The van der Waals surface area contributed by atoms with E-state index in [4.69, 9.17) is 4.74 Å². The summed E-state index contributed by atoms with van der Waals surface area (Å²) in [5, 5.41) is 6.53. The minimum atomic E-state index is -3.47. The van der Waals surface area contributed by atoms with Crippen LogP contribution in [0.25, 0.3) is 0 Å². The normalized spacial score (nSPS) is 23.2. The molecule has 2 N–H and O–H groups in total. The maximum atomic E-state index is 12.9. The topological polar surface area (TPSA) is 70.7 Å². The third-order valence-electron chi connectivity index (χ3n) is 4.59. The highest BCUT2D eigenvalue weighted by atomic mass is 32.2. The van der Waals surface area contributed by atoms with Crippen molar-refractivity contribution >= 4 is 15.7 Å². The molecule has 3 heterocycles. The maximum absolute atomic E-state index is 12.9. The van der Waals surface area contributed by atoms with Crippen molar-refractivity contribution in [3.8, 4) is 5.75 Å². The third kappa shape index (κ3) is 2.52. The lowest BCUT2D eigenvalue weighted by molar-refractivity contribution is 0.116. The summed E-state index contributed by atoms with van der Waals surface area (Å²) in [6, 6.07) is 5.06. The van der Waals surface area contributed by atoms with E-state index in [1.807, 2.05) is 13.8 Å². The summed E-state index contributed by atoms with van der Waals surface area (Å²) < 4.78 is 33.2. The lowest BCUT2D eigenvalue weighted by atomic mass is 10.1. The van der Waals surface area contributed by atoms with Crippen molar-refractivity contribution in [1.29, 1.82) is 0 Å². The third-order valence-corrected chi connectivity index (χ3v) is 6.38. The average Bonchev–Trinajstić information content (AvgIpc) is 3.07. The van der Waals surface area contributed by atoms with Gasteiger partial charge in [0.15, 0.2) is 0 Å². The van der Waals surface area contributed by atoms with E-state index in [-0.39, 0.29) is 5.60 Å². The second-order valence-electron chi connectivity index (χ2n) is 6.96. The number of anilines is 1. The van der Waals surface area contributed by atoms with Gasteiger partial charge in [0, 0.05) is 26.2 Å². The SMILES string of the molecule is CC1(C)CNc2cc(S(=O)(=O)N3CC4=C(CNC4)C3)ccc2O1. The Kier molecular flexibility index (Phi) is 3.23. The largest absolute Gasteiger partial charge is 0.484 e. The highest BCUT2D eigenvalue weighted by molar-refractivity contribution is 7.89. The highest BCUT2D eigenvalue weighted by Crippen LogP contribution is 2.36. The molecule has 1 aromatic rings. The number of hydrogen-bond acceptors (Lipinski definition) is 5. The van der Waals surface area contributed by atoms with Crippen molar-refractivity contribution in [2.75, 3.05) is 38.0 Å². The molecule has 0 atom stereocenters. The van der Waals surface area contributed by atoms with Gasteiger partial charge < -0.3 is 15.4 Å². The number of sulfonamides is 1. The Morgan fingerprint density at radius 2 is 1.87 bits per heavy atom. The average molecular weight is 335 g/mol. The van der Waals surface area contributed by atoms with Crippen molar-refractivity contribution in [3.05, 3.63) is 29.3 Å². The number of nitrogens with zero attached hydrogens (tertiary/aromatic N) is 1. The lowest BCUT2D eigenvalue weighted by Gasteiger charge is -2.33. The fourth-order valence-electron chi connectivity index (χ4n) is 3.29. The van der Waals surface area contributed by atoms with Crippen LogP contribution in [0.4, 0.5) is 5.69 Å². The molecule has 0 saturated heterocycles. The molecule has 0 unspecified atom stereocenters. The summed E-state index contributed by atoms with van der Waals surface area (Å²) >= 11 is 0. The van der Waals surface area contributed by atoms with Crippen LogP contribution in [0.2, 0.25) is 0 Å². The molecule has 3 aliphatic heterocycles. The summed E-state index contributed by atoms with van der Waals surface area (Å²) in [6.45, 7) is 7.25. The molecule has 7 heteroatoms. The Bertz CT molecular complexity index is 783. The molecular formula is C16H21N3O3S. The second kappa shape index (κ2) is 4.96. The summed E-state index contributed by atoms with van der Waals surface area (Å²) in [4.78, 5) is 0.321. The molecule has 0 aliphatic carbocycles. The number of rotatable bonds is 2. The van der Waals surface area contributed by atoms with Crippen LogP contribution >= 0.6 is 0 Å². The molecule has 0 aromatic heterocycles. The van der Waals surface area contributed by atoms with E-state index in [0.717, 1.165) is 18.8 Å². The van der Waals surface area contributed by atoms with Crippen molar-refractivity contribution in [1.82, 2.24) is 9.62 Å². The summed E-state index contributed by atoms with van der Waals surface area (Å²) in [7, 11) is -3.47. The van der Waals surface area contributed by atoms with E-state index in [1.54, 1.807) is 22.5 Å². The van der Waals surface area contributed by atoms with Crippen molar-refractivity contribution in [2.24, 2.45) is 0 Å². The van der Waals surface area contributed by atoms with E-state index in [2.05, 4.69) is 10.6 Å². The molecule has 0 fully saturated rings. The van der Waals surface area contributed by atoms with E-state index < -0.39 is 10.0 Å². The highest BCUT2D eigenvalue weighted by Gasteiger charge is 2.35. The van der Waals surface area contributed by atoms with Crippen LogP contribution < -0.4 is 15.4 Å². The minimum absolute atomic E-state index is 0.292. The number of fused-ring (bicyclic) bond motifs is 1. The predicted molar refractivity (Wildman–Crippen MR) is 88.3 cm³/mol. The Labute approximate surface area is 136 Å². The zero-order chi connectivity index (χ0) is 16.2. The van der Waals surface area contributed by atoms with Crippen molar-refractivity contribution in [3.63, 3.8) is 0 Å². The number of hydrogen-bond donors (Lipinski definition) is 2. The Balaban J connectivity index is 1.61. The van der Waals surface area contributed by atoms with Crippen LogP contribution in [-0.4, -0.2) is 51.0 Å². The zero-order valence-electron chi connectivity index (χ0n) is 13.3. The predicted octanol–water partition coefficient (Wildman–Crippen LogP) is 1.17. The first-order valence-electron chi connectivity index (χ1n) is 7.83. The maximum Gasteiger partial charge on any atom is 0.243 e. The van der Waals surface area contributed by atoms with Crippen molar-refractivity contribution in [2.45, 2.75) is 24.3 Å². The fraction of sp³-hybridized carbons (Fsp3) is 0.500. The van der Waals surface area contributed by atoms with Gasteiger partial charge in [-0.3, -0.25) is 0 Å². The Morgan fingerprint density at radius 3 is 2.57 bits per heavy atom. The smallest absolute Gasteiger partial charge is 0.243 e. The lowest BCUT2D eigenvalue weighted by Crippen LogP contribution is -2.40. The van der Waals surface area contributed by atoms with Gasteiger partial charge in [0.1, 0.15) is 11.4 Å². The van der Waals surface area contributed by atoms with Gasteiger partial charge >= 0.3 is 0 Å². The molecule has 0 radical (unpaired) electrons. The molecule has 4 rings (SSSR count). The van der Waals surface area contributed by atoms with Crippen molar-refractivity contribution < 1.29 is 13.2 Å². The molecule has 6 nitrogen and oxygen atoms in total. The molecule has 0 amide bonds. The minimum Gasteiger partial charge on any atom is -0.484 e. The van der Waals surface area contributed by atoms with Crippen LogP contribution in [0, 0.1) is 0 Å². The zero-order valence-corrected chi connectivity index (χ0v) is 14.2. The van der Waals surface area contributed by atoms with Crippen LogP contribution in [0.1, 0.15) is 13.8 Å². The molecule has 23 heavy (non-hydrogen) atoms. The molecule has 3 aliphatic rings. The monoisotopic (exact) mass is 335 g/mol. The van der Waals surface area contributed by atoms with Crippen LogP contribution in [-0.2, 0) is 10.0 Å². The molecular weight excluding hydrogens is 314 g/mol. The Morgan fingerprint density at radius 1 is 1.17 bits per heavy atom. The van der Waals surface area contributed by atoms with Gasteiger partial charge in [-0.1, -0.05) is 0 Å². The van der Waals surface area contributed by atoms with E-state index in [0.29, 0.717) is 30.3 Å². The Hall–Kier alpha value is -1.57. The van der Waals surface area contributed by atoms with Gasteiger partial charge in [-0.25, -0.2) is 8.42 Å². The fourth-order valence-corrected chi connectivity index (χ4v) is 4.75. The number of nitrogens with one attached hydrogen (secondary N) is 2. The van der Waals surface area contributed by atoms with Gasteiger partial charge in [-0.2, -0.15) is 4.31 Å². The van der Waals surface area contributed by atoms with E-state index in [1.165, 1.54) is 11.1 Å². The number of benzene rings is 1. The molecule has 1 aromatic carbocycles. The summed E-state index contributed by atoms with van der Waals surface area (Å²) in [5.41, 5.74) is 2.89. The van der Waals surface area contributed by atoms with Gasteiger partial charge in [0.05, 0.1) is 17.1 Å². The van der Waals surface area contributed by atoms with Crippen LogP contribution in [0.5, 0.6) is 5.75 Å². The van der Waals surface area contributed by atoms with Gasteiger partial charge in [-0.05, 0) is 43.2 Å². The van der Waals surface area contributed by atoms with Crippen LogP contribution in [0.3, 0.4) is 0 Å². The second-order valence-corrected chi connectivity index (χ2v) is 8.89.